The number of aliphatic hydroxyl groups excluding tert-OH is 1. The lowest BCUT2D eigenvalue weighted by molar-refractivity contribution is 0.121. The third-order valence-electron chi connectivity index (χ3n) is 2.36. The van der Waals surface area contributed by atoms with E-state index in [1.54, 1.807) is 6.20 Å². The maximum atomic E-state index is 9.84. The van der Waals surface area contributed by atoms with E-state index in [2.05, 4.69) is 12.0 Å². The van der Waals surface area contributed by atoms with Gasteiger partial charge in [0.15, 0.2) is 0 Å². The van der Waals surface area contributed by atoms with Crippen LogP contribution in [0, 0.1) is 5.92 Å². The predicted molar refractivity (Wildman–Crippen MR) is 55.7 cm³/mol. The summed E-state index contributed by atoms with van der Waals surface area (Å²) >= 11 is 0. The highest BCUT2D eigenvalue weighted by Gasteiger charge is 2.16. The maximum Gasteiger partial charge on any atom is 0.0858 e. The molecule has 0 fully saturated rings. The number of aliphatic hydroxyl groups is 1. The molecule has 0 aliphatic heterocycles. The van der Waals surface area contributed by atoms with Crippen molar-refractivity contribution in [2.24, 2.45) is 11.7 Å². The quantitative estimate of drug-likeness (QED) is 0.737. The fraction of sp³-hybridized carbons (Fsp3) is 0.700. The van der Waals surface area contributed by atoms with Crippen LogP contribution in [0.15, 0.2) is 12.4 Å². The fourth-order valence-electron chi connectivity index (χ4n) is 1.34. The summed E-state index contributed by atoms with van der Waals surface area (Å²) in [5.74, 6) is 0.0780. The summed E-state index contributed by atoms with van der Waals surface area (Å²) in [4.78, 5) is 0. The summed E-state index contributed by atoms with van der Waals surface area (Å²) < 4.78 is 1.85. The van der Waals surface area contributed by atoms with Gasteiger partial charge in [0.2, 0.25) is 0 Å². The van der Waals surface area contributed by atoms with Crippen LogP contribution in [0.1, 0.15) is 31.9 Å². The van der Waals surface area contributed by atoms with Crippen molar-refractivity contribution in [3.63, 3.8) is 0 Å². The van der Waals surface area contributed by atoms with Crippen LogP contribution in [0.4, 0.5) is 0 Å². The van der Waals surface area contributed by atoms with Crippen molar-refractivity contribution in [1.29, 1.82) is 0 Å². The van der Waals surface area contributed by atoms with Crippen LogP contribution in [0.3, 0.4) is 0 Å². The third kappa shape index (κ3) is 2.56. The molecule has 2 atom stereocenters. The van der Waals surface area contributed by atoms with E-state index in [0.29, 0.717) is 6.54 Å². The van der Waals surface area contributed by atoms with Gasteiger partial charge in [-0.1, -0.05) is 13.8 Å². The summed E-state index contributed by atoms with van der Waals surface area (Å²) in [6, 6.07) is 0. The molecule has 1 aromatic rings. The van der Waals surface area contributed by atoms with Gasteiger partial charge in [-0.15, -0.1) is 0 Å². The maximum absolute atomic E-state index is 9.84. The van der Waals surface area contributed by atoms with Crippen LogP contribution < -0.4 is 5.73 Å². The van der Waals surface area contributed by atoms with Crippen LogP contribution >= 0.6 is 0 Å². The van der Waals surface area contributed by atoms with Gasteiger partial charge in [0.05, 0.1) is 12.3 Å². The largest absolute Gasteiger partial charge is 0.388 e. The molecule has 1 aromatic heterocycles. The Hall–Kier alpha value is -0.870. The molecule has 0 aliphatic carbocycles. The van der Waals surface area contributed by atoms with Crippen molar-refractivity contribution >= 4 is 0 Å². The Kier molecular flexibility index (Phi) is 4.10. The van der Waals surface area contributed by atoms with E-state index in [0.717, 1.165) is 18.5 Å². The van der Waals surface area contributed by atoms with Crippen LogP contribution in [-0.4, -0.2) is 21.4 Å². The van der Waals surface area contributed by atoms with Crippen molar-refractivity contribution in [3.8, 4) is 0 Å². The molecule has 0 saturated carbocycles. The molecule has 1 heterocycles. The zero-order chi connectivity index (χ0) is 10.6. The van der Waals surface area contributed by atoms with Crippen molar-refractivity contribution in [3.05, 3.63) is 18.0 Å². The van der Waals surface area contributed by atoms with Gasteiger partial charge in [-0.3, -0.25) is 4.68 Å². The van der Waals surface area contributed by atoms with E-state index >= 15 is 0 Å². The smallest absolute Gasteiger partial charge is 0.0858 e. The summed E-state index contributed by atoms with van der Waals surface area (Å²) in [5.41, 5.74) is 6.35. The average Bonchev–Trinajstić information content (AvgIpc) is 2.64. The first kappa shape index (κ1) is 11.2. The van der Waals surface area contributed by atoms with Gasteiger partial charge in [0, 0.05) is 18.3 Å². The first-order valence-corrected chi connectivity index (χ1v) is 5.09. The minimum Gasteiger partial charge on any atom is -0.388 e. The van der Waals surface area contributed by atoms with Gasteiger partial charge in [-0.05, 0) is 18.9 Å². The molecule has 1 rings (SSSR count). The number of aromatic nitrogens is 2. The molecule has 3 N–H and O–H groups in total. The Morgan fingerprint density at radius 1 is 1.64 bits per heavy atom. The molecule has 0 amide bonds. The number of rotatable bonds is 5. The van der Waals surface area contributed by atoms with E-state index in [9.17, 15) is 5.11 Å². The second-order valence-electron chi connectivity index (χ2n) is 3.69. The second kappa shape index (κ2) is 5.12. The van der Waals surface area contributed by atoms with Crippen LogP contribution in [-0.2, 0) is 6.54 Å². The lowest BCUT2D eigenvalue weighted by Gasteiger charge is -2.14. The monoisotopic (exact) mass is 197 g/mol. The first-order valence-electron chi connectivity index (χ1n) is 5.09. The molecule has 0 aromatic carbocycles. The Balaban J connectivity index is 2.65. The Morgan fingerprint density at radius 2 is 2.36 bits per heavy atom. The van der Waals surface area contributed by atoms with Crippen molar-refractivity contribution in [2.45, 2.75) is 32.9 Å². The molecule has 80 valence electrons. The standard InChI is InChI=1S/C10H19N3O/c1-3-4-13-7-9(6-12-13)10(14)8(2)5-11/h6-8,10,14H,3-5,11H2,1-2H3. The lowest BCUT2D eigenvalue weighted by atomic mass is 10.0. The Morgan fingerprint density at radius 3 is 2.93 bits per heavy atom. The summed E-state index contributed by atoms with van der Waals surface area (Å²) in [6.07, 6.45) is 4.15. The molecule has 4 heteroatoms. The number of nitrogens with zero attached hydrogens (tertiary/aromatic N) is 2. The van der Waals surface area contributed by atoms with Crippen LogP contribution in [0.2, 0.25) is 0 Å². The predicted octanol–water partition coefficient (Wildman–Crippen LogP) is 0.921. The number of nitrogens with two attached hydrogens (primary N) is 1. The Labute approximate surface area is 84.7 Å². The highest BCUT2D eigenvalue weighted by molar-refractivity contribution is 5.08. The minimum atomic E-state index is -0.495. The lowest BCUT2D eigenvalue weighted by Crippen LogP contribution is -2.18. The third-order valence-corrected chi connectivity index (χ3v) is 2.36. The SMILES string of the molecule is CCCn1cc(C(O)C(C)CN)cn1. The molecule has 0 bridgehead atoms. The molecule has 14 heavy (non-hydrogen) atoms. The average molecular weight is 197 g/mol. The molecular formula is C10H19N3O. The molecular weight excluding hydrogens is 178 g/mol. The van der Waals surface area contributed by atoms with Crippen LogP contribution in [0.5, 0.6) is 0 Å². The van der Waals surface area contributed by atoms with E-state index in [4.69, 9.17) is 5.73 Å². The van der Waals surface area contributed by atoms with E-state index < -0.39 is 6.10 Å². The number of hydrogen-bond donors (Lipinski definition) is 2. The van der Waals surface area contributed by atoms with E-state index in [1.165, 1.54) is 0 Å². The molecule has 4 nitrogen and oxygen atoms in total. The summed E-state index contributed by atoms with van der Waals surface area (Å²) in [7, 11) is 0. The molecule has 0 aliphatic rings. The minimum absolute atomic E-state index is 0.0780. The second-order valence-corrected chi connectivity index (χ2v) is 3.69. The molecule has 0 spiro atoms. The van der Waals surface area contributed by atoms with E-state index in [-0.39, 0.29) is 5.92 Å². The zero-order valence-electron chi connectivity index (χ0n) is 8.85. The Bertz CT molecular complexity index is 272. The number of hydrogen-bond acceptors (Lipinski definition) is 3. The normalized spacial score (nSPS) is 15.4. The van der Waals surface area contributed by atoms with Gasteiger partial charge >= 0.3 is 0 Å². The summed E-state index contributed by atoms with van der Waals surface area (Å²) in [5, 5.41) is 14.0. The van der Waals surface area contributed by atoms with Gasteiger partial charge in [0.25, 0.3) is 0 Å². The highest BCUT2D eigenvalue weighted by atomic mass is 16.3. The highest BCUT2D eigenvalue weighted by Crippen LogP contribution is 2.19. The topological polar surface area (TPSA) is 64.1 Å². The van der Waals surface area contributed by atoms with Crippen LogP contribution in [0.25, 0.3) is 0 Å². The van der Waals surface area contributed by atoms with Gasteiger partial charge in [-0.25, -0.2) is 0 Å². The first-order chi connectivity index (χ1) is 6.69. The van der Waals surface area contributed by atoms with Gasteiger partial charge < -0.3 is 10.8 Å². The van der Waals surface area contributed by atoms with E-state index in [1.807, 2.05) is 17.8 Å². The molecule has 2 unspecified atom stereocenters. The molecule has 0 saturated heterocycles. The van der Waals surface area contributed by atoms with Gasteiger partial charge in [0.1, 0.15) is 0 Å². The van der Waals surface area contributed by atoms with Gasteiger partial charge in [-0.2, -0.15) is 5.10 Å². The fourth-order valence-corrected chi connectivity index (χ4v) is 1.34. The van der Waals surface area contributed by atoms with Crippen molar-refractivity contribution in [2.75, 3.05) is 6.54 Å². The van der Waals surface area contributed by atoms with Crippen molar-refractivity contribution < 1.29 is 5.11 Å². The van der Waals surface area contributed by atoms with Crippen molar-refractivity contribution in [1.82, 2.24) is 9.78 Å². The number of aryl methyl sites for hydroxylation is 1. The summed E-state index contributed by atoms with van der Waals surface area (Å²) in [6.45, 7) is 5.41. The zero-order valence-corrected chi connectivity index (χ0v) is 8.85. The molecule has 0 radical (unpaired) electrons.